The molecule has 1 saturated carbocycles. The van der Waals surface area contributed by atoms with Crippen molar-refractivity contribution in [2.24, 2.45) is 0 Å². The minimum Gasteiger partial charge on any atom is -0.481 e. The summed E-state index contributed by atoms with van der Waals surface area (Å²) in [6.07, 6.45) is 6.63. The minimum atomic E-state index is -0.0431. The quantitative estimate of drug-likeness (QED) is 0.815. The second kappa shape index (κ2) is 6.63. The number of carbonyl (C=O) groups is 1. The highest BCUT2D eigenvalue weighted by atomic mass is 16.5. The summed E-state index contributed by atoms with van der Waals surface area (Å²) >= 11 is 0. The van der Waals surface area contributed by atoms with Crippen LogP contribution in [0.15, 0.2) is 24.5 Å². The first kappa shape index (κ1) is 16.5. The Morgan fingerprint density at radius 3 is 2.71 bits per heavy atom. The summed E-state index contributed by atoms with van der Waals surface area (Å²) in [5.74, 6) is 0.948. The molecule has 6 nitrogen and oxygen atoms in total. The number of aromatic nitrogens is 3. The molecule has 128 valence electrons. The lowest BCUT2D eigenvalue weighted by molar-refractivity contribution is 0.0991. The lowest BCUT2D eigenvalue weighted by Crippen LogP contribution is -2.27. The maximum atomic E-state index is 13.0. The van der Waals surface area contributed by atoms with Crippen molar-refractivity contribution in [3.63, 3.8) is 0 Å². The third-order valence-corrected chi connectivity index (χ3v) is 4.66. The second-order valence-electron chi connectivity index (χ2n) is 6.34. The smallest absolute Gasteiger partial charge is 0.261 e. The van der Waals surface area contributed by atoms with Gasteiger partial charge < -0.3 is 9.64 Å². The van der Waals surface area contributed by atoms with E-state index in [9.17, 15) is 4.79 Å². The van der Waals surface area contributed by atoms with Crippen LogP contribution < -0.4 is 9.64 Å². The predicted octanol–water partition coefficient (Wildman–Crippen LogP) is 3.41. The maximum absolute atomic E-state index is 13.0. The fourth-order valence-corrected chi connectivity index (χ4v) is 2.81. The van der Waals surface area contributed by atoms with E-state index in [-0.39, 0.29) is 5.91 Å². The van der Waals surface area contributed by atoms with Crippen molar-refractivity contribution < 1.29 is 9.53 Å². The summed E-state index contributed by atoms with van der Waals surface area (Å²) in [7, 11) is 3.34. The van der Waals surface area contributed by atoms with E-state index in [0.29, 0.717) is 23.4 Å². The van der Waals surface area contributed by atoms with Crippen LogP contribution in [0.4, 0.5) is 5.69 Å². The molecule has 1 atom stereocenters. The molecule has 0 bridgehead atoms. The van der Waals surface area contributed by atoms with Gasteiger partial charge >= 0.3 is 0 Å². The number of methoxy groups -OCH3 is 1. The molecule has 2 heterocycles. The first-order valence-corrected chi connectivity index (χ1v) is 8.42. The Bertz CT molecular complexity index is 719. The van der Waals surface area contributed by atoms with Gasteiger partial charge in [-0.15, -0.1) is 0 Å². The highest BCUT2D eigenvalue weighted by Gasteiger charge is 2.34. The van der Waals surface area contributed by atoms with E-state index in [4.69, 9.17) is 4.74 Å². The Morgan fingerprint density at radius 2 is 2.17 bits per heavy atom. The third-order valence-electron chi connectivity index (χ3n) is 4.66. The molecule has 1 aliphatic rings. The van der Waals surface area contributed by atoms with Gasteiger partial charge in [0.15, 0.2) is 0 Å². The molecular formula is C18H24N4O2. The lowest BCUT2D eigenvalue weighted by atomic mass is 10.1. The summed E-state index contributed by atoms with van der Waals surface area (Å²) in [6, 6.07) is 3.89. The maximum Gasteiger partial charge on any atom is 0.261 e. The fraction of sp³-hybridized carbons (Fsp3) is 0.500. The predicted molar refractivity (Wildman–Crippen MR) is 92.7 cm³/mol. The minimum absolute atomic E-state index is 0.0431. The van der Waals surface area contributed by atoms with Crippen molar-refractivity contribution >= 4 is 11.6 Å². The zero-order chi connectivity index (χ0) is 17.3. The topological polar surface area (TPSA) is 60.2 Å². The lowest BCUT2D eigenvalue weighted by Gasteiger charge is -2.19. The summed E-state index contributed by atoms with van der Waals surface area (Å²) in [5, 5.41) is 4.51. The summed E-state index contributed by atoms with van der Waals surface area (Å²) in [5.41, 5.74) is 2.53. The van der Waals surface area contributed by atoms with Gasteiger partial charge in [0.05, 0.1) is 36.4 Å². The van der Waals surface area contributed by atoms with Gasteiger partial charge in [0.25, 0.3) is 5.91 Å². The van der Waals surface area contributed by atoms with Crippen molar-refractivity contribution in [3.05, 3.63) is 35.8 Å². The normalized spacial score (nSPS) is 15.2. The molecule has 0 radical (unpaired) electrons. The monoisotopic (exact) mass is 328 g/mol. The number of rotatable bonds is 6. The Balaban J connectivity index is 1.90. The molecular weight excluding hydrogens is 304 g/mol. The molecule has 1 aliphatic carbocycles. The highest BCUT2D eigenvalue weighted by molar-refractivity contribution is 6.06. The fourth-order valence-electron chi connectivity index (χ4n) is 2.81. The number of anilines is 1. The molecule has 1 amide bonds. The summed E-state index contributed by atoms with van der Waals surface area (Å²) in [4.78, 5) is 18.8. The molecule has 0 saturated heterocycles. The van der Waals surface area contributed by atoms with E-state index in [1.54, 1.807) is 37.5 Å². The molecule has 1 fully saturated rings. The number of nitrogens with zero attached hydrogens (tertiary/aromatic N) is 4. The summed E-state index contributed by atoms with van der Waals surface area (Å²) < 4.78 is 7.10. The molecule has 24 heavy (non-hydrogen) atoms. The molecule has 6 heteroatoms. The Morgan fingerprint density at radius 1 is 1.42 bits per heavy atom. The van der Waals surface area contributed by atoms with Crippen LogP contribution in [0.2, 0.25) is 0 Å². The Labute approximate surface area is 142 Å². The SMILES string of the molecule is CC[C@H](C)n1ncc(C(=O)N(C)c2ccc(OC)nc2)c1C1CC1. The van der Waals surface area contributed by atoms with Gasteiger partial charge in [-0.3, -0.25) is 9.48 Å². The third kappa shape index (κ3) is 3.00. The van der Waals surface area contributed by atoms with Crippen molar-refractivity contribution in [3.8, 4) is 5.88 Å². The zero-order valence-electron chi connectivity index (χ0n) is 14.7. The van der Waals surface area contributed by atoms with Gasteiger partial charge in [0.2, 0.25) is 5.88 Å². The first-order chi connectivity index (χ1) is 11.6. The van der Waals surface area contributed by atoms with Crippen LogP contribution in [0.1, 0.15) is 61.1 Å². The van der Waals surface area contributed by atoms with Gasteiger partial charge in [-0.05, 0) is 32.3 Å². The van der Waals surface area contributed by atoms with Crippen LogP contribution in [-0.4, -0.2) is 34.8 Å². The number of pyridine rings is 1. The number of ether oxygens (including phenoxy) is 1. The number of amides is 1. The van der Waals surface area contributed by atoms with Crippen LogP contribution in [-0.2, 0) is 0 Å². The van der Waals surface area contributed by atoms with Crippen molar-refractivity contribution in [2.45, 2.75) is 45.1 Å². The largest absolute Gasteiger partial charge is 0.481 e. The molecule has 2 aromatic rings. The van der Waals surface area contributed by atoms with Gasteiger partial charge in [0.1, 0.15) is 0 Å². The van der Waals surface area contributed by atoms with Crippen LogP contribution in [0.5, 0.6) is 5.88 Å². The van der Waals surface area contributed by atoms with E-state index in [0.717, 1.165) is 30.6 Å². The molecule has 0 unspecified atom stereocenters. The van der Waals surface area contributed by atoms with Gasteiger partial charge in [-0.2, -0.15) is 5.10 Å². The average molecular weight is 328 g/mol. The molecule has 0 aromatic carbocycles. The van der Waals surface area contributed by atoms with E-state index in [1.807, 2.05) is 10.7 Å². The van der Waals surface area contributed by atoms with Crippen LogP contribution >= 0.6 is 0 Å². The van der Waals surface area contributed by atoms with Gasteiger partial charge in [0, 0.05) is 25.1 Å². The number of carbonyl (C=O) groups excluding carboxylic acids is 1. The molecule has 0 N–H and O–H groups in total. The van der Waals surface area contributed by atoms with E-state index in [2.05, 4.69) is 23.9 Å². The van der Waals surface area contributed by atoms with Gasteiger partial charge in [-0.1, -0.05) is 6.92 Å². The van der Waals surface area contributed by atoms with E-state index >= 15 is 0 Å². The van der Waals surface area contributed by atoms with Crippen LogP contribution in [0.3, 0.4) is 0 Å². The van der Waals surface area contributed by atoms with Crippen LogP contribution in [0.25, 0.3) is 0 Å². The number of hydrogen-bond donors (Lipinski definition) is 0. The highest BCUT2D eigenvalue weighted by Crippen LogP contribution is 2.43. The Kier molecular flexibility index (Phi) is 4.55. The standard InChI is InChI=1S/C18H24N4O2/c1-5-12(2)22-17(13-6-7-13)15(11-20-22)18(23)21(3)14-8-9-16(24-4)19-10-14/h8-13H,5-7H2,1-4H3/t12-/m0/s1. The number of hydrogen-bond acceptors (Lipinski definition) is 4. The molecule has 0 aliphatic heterocycles. The zero-order valence-corrected chi connectivity index (χ0v) is 14.7. The van der Waals surface area contributed by atoms with E-state index < -0.39 is 0 Å². The van der Waals surface area contributed by atoms with Crippen molar-refractivity contribution in [1.29, 1.82) is 0 Å². The van der Waals surface area contributed by atoms with Crippen molar-refractivity contribution in [1.82, 2.24) is 14.8 Å². The second-order valence-corrected chi connectivity index (χ2v) is 6.34. The molecule has 2 aromatic heterocycles. The van der Waals surface area contributed by atoms with E-state index in [1.165, 1.54) is 0 Å². The molecule has 3 rings (SSSR count). The van der Waals surface area contributed by atoms with Crippen LogP contribution in [0, 0.1) is 0 Å². The average Bonchev–Trinajstić information content (AvgIpc) is 3.37. The first-order valence-electron chi connectivity index (χ1n) is 8.42. The van der Waals surface area contributed by atoms with Gasteiger partial charge in [-0.25, -0.2) is 4.98 Å². The summed E-state index contributed by atoms with van der Waals surface area (Å²) in [6.45, 7) is 4.28. The molecule has 0 spiro atoms. The van der Waals surface area contributed by atoms with Crippen molar-refractivity contribution in [2.75, 3.05) is 19.1 Å². The Hall–Kier alpha value is -2.37.